The number of hydrogen-bond donors (Lipinski definition) is 0. The highest BCUT2D eigenvalue weighted by Crippen LogP contribution is 2.28. The highest BCUT2D eigenvalue weighted by Gasteiger charge is 2.28. The average Bonchev–Trinajstić information content (AvgIpc) is 3.18. The van der Waals surface area contributed by atoms with Crippen LogP contribution >= 0.6 is 0 Å². The molecule has 1 aliphatic heterocycles. The van der Waals surface area contributed by atoms with Crippen molar-refractivity contribution in [2.45, 2.75) is 12.3 Å². The summed E-state index contributed by atoms with van der Waals surface area (Å²) in [5.74, 6) is -1.17. The van der Waals surface area contributed by atoms with Crippen molar-refractivity contribution in [3.63, 3.8) is 0 Å². The van der Waals surface area contributed by atoms with Crippen LogP contribution in [0.15, 0.2) is 84.9 Å². The zero-order chi connectivity index (χ0) is 19.3. The number of anilines is 1. The van der Waals surface area contributed by atoms with Gasteiger partial charge in [-0.3, -0.25) is 9.59 Å². The van der Waals surface area contributed by atoms with E-state index in [4.69, 9.17) is 4.74 Å². The van der Waals surface area contributed by atoms with Crippen LogP contribution in [0.5, 0.6) is 0 Å². The highest BCUT2D eigenvalue weighted by atomic mass is 16.5. The van der Waals surface area contributed by atoms with E-state index in [0.29, 0.717) is 6.54 Å². The number of carbonyl (C=O) groups excluding carboxylic acids is 2. The Hall–Kier alpha value is -3.40. The fourth-order valence-electron chi connectivity index (χ4n) is 3.65. The van der Waals surface area contributed by atoms with Crippen molar-refractivity contribution in [2.75, 3.05) is 18.1 Å². The third kappa shape index (κ3) is 3.67. The van der Waals surface area contributed by atoms with E-state index in [9.17, 15) is 9.59 Å². The van der Waals surface area contributed by atoms with Gasteiger partial charge in [-0.05, 0) is 29.2 Å². The number of hydrogen-bond acceptors (Lipinski definition) is 3. The highest BCUT2D eigenvalue weighted by molar-refractivity contribution is 5.97. The number of benzene rings is 3. The van der Waals surface area contributed by atoms with Crippen LogP contribution in [0.3, 0.4) is 0 Å². The molecule has 0 unspecified atom stereocenters. The summed E-state index contributed by atoms with van der Waals surface area (Å²) < 4.78 is 5.47. The average molecular weight is 371 g/mol. The van der Waals surface area contributed by atoms with Crippen molar-refractivity contribution < 1.29 is 14.3 Å². The first-order valence-electron chi connectivity index (χ1n) is 9.39. The van der Waals surface area contributed by atoms with Gasteiger partial charge in [-0.2, -0.15) is 0 Å². The molecule has 3 aromatic rings. The second-order valence-corrected chi connectivity index (χ2v) is 6.79. The summed E-state index contributed by atoms with van der Waals surface area (Å²) >= 11 is 0. The van der Waals surface area contributed by atoms with Gasteiger partial charge in [0.1, 0.15) is 5.92 Å². The van der Waals surface area contributed by atoms with Gasteiger partial charge in [0.05, 0.1) is 0 Å². The third-order valence-electron chi connectivity index (χ3n) is 5.03. The summed E-state index contributed by atoms with van der Waals surface area (Å²) in [6.45, 7) is 0.361. The van der Waals surface area contributed by atoms with Crippen LogP contribution in [0.25, 0.3) is 0 Å². The second kappa shape index (κ2) is 8.09. The normalized spacial score (nSPS) is 12.7. The van der Waals surface area contributed by atoms with E-state index in [1.807, 2.05) is 84.9 Å². The standard InChI is InChI=1S/C24H21NO3/c26-22(25-16-15-18-9-7-8-14-21(18)25)17-28-24(27)23(19-10-3-1-4-11-19)20-12-5-2-6-13-20/h1-14,23H,15-17H2. The molecule has 3 aromatic carbocycles. The van der Waals surface area contributed by atoms with Gasteiger partial charge in [0.2, 0.25) is 0 Å². The number of para-hydroxylation sites is 1. The lowest BCUT2D eigenvalue weighted by molar-refractivity contribution is -0.148. The van der Waals surface area contributed by atoms with Crippen molar-refractivity contribution in [3.05, 3.63) is 102 Å². The molecule has 1 heterocycles. The number of fused-ring (bicyclic) bond motifs is 1. The Morgan fingerprint density at radius 2 is 1.39 bits per heavy atom. The summed E-state index contributed by atoms with van der Waals surface area (Å²) in [5, 5.41) is 0. The first-order valence-corrected chi connectivity index (χ1v) is 9.39. The Kier molecular flexibility index (Phi) is 5.20. The number of esters is 1. The van der Waals surface area contributed by atoms with Gasteiger partial charge in [0, 0.05) is 12.2 Å². The maximum absolute atomic E-state index is 12.9. The summed E-state index contributed by atoms with van der Waals surface area (Å²) in [4.78, 5) is 27.3. The molecule has 0 N–H and O–H groups in total. The van der Waals surface area contributed by atoms with Crippen LogP contribution in [0.1, 0.15) is 22.6 Å². The van der Waals surface area contributed by atoms with Gasteiger partial charge in [-0.1, -0.05) is 78.9 Å². The maximum atomic E-state index is 12.9. The predicted octanol–water partition coefficient (Wildman–Crippen LogP) is 3.95. The van der Waals surface area contributed by atoms with Gasteiger partial charge in [-0.25, -0.2) is 0 Å². The van der Waals surface area contributed by atoms with Crippen LogP contribution in [-0.4, -0.2) is 25.0 Å². The zero-order valence-corrected chi connectivity index (χ0v) is 15.5. The van der Waals surface area contributed by atoms with Gasteiger partial charge < -0.3 is 9.64 Å². The molecule has 140 valence electrons. The molecule has 0 saturated heterocycles. The van der Waals surface area contributed by atoms with Gasteiger partial charge >= 0.3 is 5.97 Å². The van der Waals surface area contributed by atoms with E-state index in [1.54, 1.807) is 4.90 Å². The quantitative estimate of drug-likeness (QED) is 0.638. The Labute approximate surface area is 164 Å². The van der Waals surface area contributed by atoms with Crippen molar-refractivity contribution in [2.24, 2.45) is 0 Å². The molecular formula is C24H21NO3. The molecule has 0 aliphatic carbocycles. The van der Waals surface area contributed by atoms with Gasteiger partial charge in [0.15, 0.2) is 6.61 Å². The molecule has 0 saturated carbocycles. The first kappa shape index (κ1) is 18.0. The van der Waals surface area contributed by atoms with Crippen molar-refractivity contribution in [1.82, 2.24) is 0 Å². The first-order chi connectivity index (χ1) is 13.7. The monoisotopic (exact) mass is 371 g/mol. The molecule has 0 atom stereocenters. The van der Waals surface area contributed by atoms with E-state index in [-0.39, 0.29) is 12.5 Å². The molecule has 28 heavy (non-hydrogen) atoms. The van der Waals surface area contributed by atoms with Gasteiger partial charge in [0.25, 0.3) is 5.91 Å². The fourth-order valence-corrected chi connectivity index (χ4v) is 3.65. The fraction of sp³-hybridized carbons (Fsp3) is 0.167. The number of carbonyl (C=O) groups is 2. The van der Waals surface area contributed by atoms with E-state index < -0.39 is 11.9 Å². The van der Waals surface area contributed by atoms with Crippen molar-refractivity contribution >= 4 is 17.6 Å². The maximum Gasteiger partial charge on any atom is 0.318 e. The number of nitrogens with zero attached hydrogens (tertiary/aromatic N) is 1. The lowest BCUT2D eigenvalue weighted by Gasteiger charge is -2.20. The van der Waals surface area contributed by atoms with Crippen LogP contribution in [0.4, 0.5) is 5.69 Å². The molecular weight excluding hydrogens is 350 g/mol. The summed E-state index contributed by atoms with van der Waals surface area (Å²) in [6, 6.07) is 26.8. The molecule has 4 heteroatoms. The SMILES string of the molecule is O=C(OCC(=O)N1CCc2ccccc21)C(c1ccccc1)c1ccccc1. The molecule has 4 nitrogen and oxygen atoms in total. The topological polar surface area (TPSA) is 46.6 Å². The number of ether oxygens (including phenoxy) is 1. The van der Waals surface area contributed by atoms with Crippen molar-refractivity contribution in [1.29, 1.82) is 0 Å². The Balaban J connectivity index is 1.49. The molecule has 0 spiro atoms. The zero-order valence-electron chi connectivity index (χ0n) is 15.5. The van der Waals surface area contributed by atoms with Crippen LogP contribution in [0.2, 0.25) is 0 Å². The minimum absolute atomic E-state index is 0.196. The Morgan fingerprint density at radius 3 is 2.04 bits per heavy atom. The van der Waals surface area contributed by atoms with E-state index in [1.165, 1.54) is 0 Å². The molecule has 1 aliphatic rings. The second-order valence-electron chi connectivity index (χ2n) is 6.79. The Morgan fingerprint density at radius 1 is 0.821 bits per heavy atom. The number of rotatable bonds is 5. The van der Waals surface area contributed by atoms with Crippen molar-refractivity contribution in [3.8, 4) is 0 Å². The minimum Gasteiger partial charge on any atom is -0.455 e. The Bertz CT molecular complexity index is 930. The smallest absolute Gasteiger partial charge is 0.318 e. The molecule has 0 fully saturated rings. The summed E-state index contributed by atoms with van der Waals surface area (Å²) in [6.07, 6.45) is 0.826. The van der Waals surface area contributed by atoms with E-state index >= 15 is 0 Å². The molecule has 0 radical (unpaired) electrons. The summed E-state index contributed by atoms with van der Waals surface area (Å²) in [5.41, 5.74) is 3.75. The lowest BCUT2D eigenvalue weighted by Crippen LogP contribution is -2.34. The minimum atomic E-state index is -0.555. The molecule has 1 amide bonds. The molecule has 0 bridgehead atoms. The van der Waals surface area contributed by atoms with Crippen LogP contribution in [0, 0.1) is 0 Å². The van der Waals surface area contributed by atoms with E-state index in [0.717, 1.165) is 28.8 Å². The lowest BCUT2D eigenvalue weighted by atomic mass is 9.91. The molecule has 4 rings (SSSR count). The van der Waals surface area contributed by atoms with E-state index in [2.05, 4.69) is 0 Å². The third-order valence-corrected chi connectivity index (χ3v) is 5.03. The van der Waals surface area contributed by atoms with Crippen LogP contribution < -0.4 is 4.90 Å². The van der Waals surface area contributed by atoms with Gasteiger partial charge in [-0.15, -0.1) is 0 Å². The van der Waals surface area contributed by atoms with Crippen LogP contribution in [-0.2, 0) is 20.7 Å². The number of amides is 1. The summed E-state index contributed by atoms with van der Waals surface area (Å²) in [7, 11) is 0. The molecule has 0 aromatic heterocycles. The predicted molar refractivity (Wildman–Crippen MR) is 108 cm³/mol. The largest absolute Gasteiger partial charge is 0.455 e.